The van der Waals surface area contributed by atoms with Crippen LogP contribution < -0.4 is 5.32 Å². The van der Waals surface area contributed by atoms with Crippen LogP contribution in [0.2, 0.25) is 0 Å². The first-order valence-electron chi connectivity index (χ1n) is 8.80. The fourth-order valence-electron chi connectivity index (χ4n) is 2.78. The van der Waals surface area contributed by atoms with Crippen LogP contribution in [0.25, 0.3) is 0 Å². The number of nitrogens with zero attached hydrogens (tertiary/aromatic N) is 5. The topological polar surface area (TPSA) is 48.7 Å². The van der Waals surface area contributed by atoms with Gasteiger partial charge in [-0.25, -0.2) is 0 Å². The summed E-state index contributed by atoms with van der Waals surface area (Å²) in [5.41, 5.74) is 2.41. The van der Waals surface area contributed by atoms with Crippen molar-refractivity contribution < 1.29 is 0 Å². The number of guanidine groups is 1. The highest BCUT2D eigenvalue weighted by atomic mass is 79.9. The number of likely N-dealkylation sites (N-methyl/N-ethyl adjacent to an activating group) is 1. The Bertz CT molecular complexity index is 724. The molecule has 0 fully saturated rings. The lowest BCUT2D eigenvalue weighted by molar-refractivity contribution is 0.305. The number of benzene rings is 1. The van der Waals surface area contributed by atoms with E-state index in [1.807, 2.05) is 24.0 Å². The summed E-state index contributed by atoms with van der Waals surface area (Å²) in [6.45, 7) is 4.37. The zero-order chi connectivity index (χ0) is 19.1. The van der Waals surface area contributed by atoms with E-state index in [9.17, 15) is 0 Å². The van der Waals surface area contributed by atoms with Gasteiger partial charge < -0.3 is 15.1 Å². The standard InChI is InChI=1S/C19H29BrN6/c1-6-21-19(25(4)13-15-9-7-8-10-17(15)20)22-12-18(24(2)3)16-11-23-26(5)14-16/h7-11,14,18H,6,12-13H2,1-5H3,(H,21,22). The van der Waals surface area contributed by atoms with Crippen LogP contribution in [0.5, 0.6) is 0 Å². The molecular weight excluding hydrogens is 392 g/mol. The van der Waals surface area contributed by atoms with Gasteiger partial charge in [0.25, 0.3) is 0 Å². The number of hydrogen-bond acceptors (Lipinski definition) is 3. The van der Waals surface area contributed by atoms with Gasteiger partial charge in [0.05, 0.1) is 18.8 Å². The van der Waals surface area contributed by atoms with Crippen LogP contribution in [-0.4, -0.2) is 59.8 Å². The number of rotatable bonds is 7. The molecule has 0 radical (unpaired) electrons. The number of aryl methyl sites for hydroxylation is 1. The van der Waals surface area contributed by atoms with E-state index in [0.29, 0.717) is 6.54 Å². The molecule has 7 heteroatoms. The van der Waals surface area contributed by atoms with Gasteiger partial charge in [-0.15, -0.1) is 0 Å². The maximum absolute atomic E-state index is 4.88. The monoisotopic (exact) mass is 420 g/mol. The van der Waals surface area contributed by atoms with Gasteiger partial charge in [0, 0.05) is 43.4 Å². The van der Waals surface area contributed by atoms with Gasteiger partial charge in [-0.1, -0.05) is 34.1 Å². The molecule has 2 aromatic rings. The summed E-state index contributed by atoms with van der Waals surface area (Å²) in [4.78, 5) is 9.21. The predicted octanol–water partition coefficient (Wildman–Crippen LogP) is 2.88. The highest BCUT2D eigenvalue weighted by molar-refractivity contribution is 9.10. The molecule has 0 amide bonds. The SMILES string of the molecule is CCNC(=NCC(c1cnn(C)c1)N(C)C)N(C)Cc1ccccc1Br. The number of aromatic nitrogens is 2. The number of hydrogen-bond donors (Lipinski definition) is 1. The average Bonchev–Trinajstić information content (AvgIpc) is 3.02. The quantitative estimate of drug-likeness (QED) is 0.552. The Kier molecular flexibility index (Phi) is 7.66. The minimum Gasteiger partial charge on any atom is -0.357 e. The summed E-state index contributed by atoms with van der Waals surface area (Å²) in [5.74, 6) is 0.902. The van der Waals surface area contributed by atoms with Crippen molar-refractivity contribution in [2.75, 3.05) is 34.2 Å². The van der Waals surface area contributed by atoms with Crippen LogP contribution in [0.15, 0.2) is 46.1 Å². The van der Waals surface area contributed by atoms with Crippen molar-refractivity contribution in [2.24, 2.45) is 12.0 Å². The maximum Gasteiger partial charge on any atom is 0.194 e. The molecular formula is C19H29BrN6. The number of aliphatic imine (C=N–C) groups is 1. The summed E-state index contributed by atoms with van der Waals surface area (Å²) in [7, 11) is 8.15. The summed E-state index contributed by atoms with van der Waals surface area (Å²) < 4.78 is 2.95. The third-order valence-corrected chi connectivity index (χ3v) is 4.98. The van der Waals surface area contributed by atoms with E-state index in [2.05, 4.69) is 88.6 Å². The second kappa shape index (κ2) is 9.73. The third-order valence-electron chi connectivity index (χ3n) is 4.21. The molecule has 1 N–H and O–H groups in total. The van der Waals surface area contributed by atoms with Crippen molar-refractivity contribution in [3.63, 3.8) is 0 Å². The van der Waals surface area contributed by atoms with Gasteiger partial charge in [-0.3, -0.25) is 9.67 Å². The number of halogens is 1. The van der Waals surface area contributed by atoms with Crippen molar-refractivity contribution in [3.05, 3.63) is 52.3 Å². The first-order valence-corrected chi connectivity index (χ1v) is 9.59. The molecule has 0 aliphatic heterocycles. The summed E-state index contributed by atoms with van der Waals surface area (Å²) in [6.07, 6.45) is 3.97. The largest absolute Gasteiger partial charge is 0.357 e. The molecule has 1 heterocycles. The van der Waals surface area contributed by atoms with Crippen molar-refractivity contribution in [1.29, 1.82) is 0 Å². The fraction of sp³-hybridized carbons (Fsp3) is 0.474. The minimum absolute atomic E-state index is 0.189. The molecule has 0 aliphatic carbocycles. The Labute approximate surface area is 165 Å². The zero-order valence-corrected chi connectivity index (χ0v) is 17.9. The first kappa shape index (κ1) is 20.5. The summed E-state index contributed by atoms with van der Waals surface area (Å²) in [5, 5.41) is 7.69. The molecule has 2 rings (SSSR count). The van der Waals surface area contributed by atoms with Crippen LogP contribution in [0.3, 0.4) is 0 Å². The normalized spacial score (nSPS) is 13.1. The van der Waals surface area contributed by atoms with Crippen molar-refractivity contribution >= 4 is 21.9 Å². The Hall–Kier alpha value is -1.86. The summed E-state index contributed by atoms with van der Waals surface area (Å²) >= 11 is 3.62. The van der Waals surface area contributed by atoms with E-state index in [-0.39, 0.29) is 6.04 Å². The zero-order valence-electron chi connectivity index (χ0n) is 16.3. The van der Waals surface area contributed by atoms with Gasteiger partial charge >= 0.3 is 0 Å². The second-order valence-electron chi connectivity index (χ2n) is 6.57. The molecule has 1 atom stereocenters. The lowest BCUT2D eigenvalue weighted by Gasteiger charge is -2.25. The molecule has 1 aromatic heterocycles. The molecule has 0 bridgehead atoms. The molecule has 1 aromatic carbocycles. The van der Waals surface area contributed by atoms with Crippen LogP contribution in [-0.2, 0) is 13.6 Å². The van der Waals surface area contributed by atoms with E-state index < -0.39 is 0 Å². The molecule has 26 heavy (non-hydrogen) atoms. The van der Waals surface area contributed by atoms with E-state index in [1.165, 1.54) is 11.1 Å². The smallest absolute Gasteiger partial charge is 0.194 e. The Balaban J connectivity index is 2.14. The van der Waals surface area contributed by atoms with E-state index in [1.54, 1.807) is 0 Å². The highest BCUT2D eigenvalue weighted by Crippen LogP contribution is 2.19. The van der Waals surface area contributed by atoms with Gasteiger partial charge in [-0.2, -0.15) is 5.10 Å². The van der Waals surface area contributed by atoms with E-state index >= 15 is 0 Å². The van der Waals surface area contributed by atoms with Crippen molar-refractivity contribution in [2.45, 2.75) is 19.5 Å². The molecule has 0 aliphatic rings. The van der Waals surface area contributed by atoms with Crippen LogP contribution in [0, 0.1) is 0 Å². The molecule has 0 saturated carbocycles. The Morgan fingerprint density at radius 1 is 1.31 bits per heavy atom. The van der Waals surface area contributed by atoms with Crippen LogP contribution in [0.1, 0.15) is 24.1 Å². The minimum atomic E-state index is 0.189. The van der Waals surface area contributed by atoms with Gasteiger partial charge in [-0.05, 0) is 32.6 Å². The molecule has 142 valence electrons. The second-order valence-corrected chi connectivity index (χ2v) is 7.42. The fourth-order valence-corrected chi connectivity index (χ4v) is 3.19. The van der Waals surface area contributed by atoms with Crippen molar-refractivity contribution in [3.8, 4) is 0 Å². The number of nitrogens with one attached hydrogen (secondary N) is 1. The maximum atomic E-state index is 4.88. The molecule has 6 nitrogen and oxygen atoms in total. The Morgan fingerprint density at radius 3 is 2.62 bits per heavy atom. The average molecular weight is 421 g/mol. The molecule has 1 unspecified atom stereocenters. The van der Waals surface area contributed by atoms with Crippen LogP contribution in [0.4, 0.5) is 0 Å². The highest BCUT2D eigenvalue weighted by Gasteiger charge is 2.17. The molecule has 0 spiro atoms. The summed E-state index contributed by atoms with van der Waals surface area (Å²) in [6, 6.07) is 8.47. The first-order chi connectivity index (χ1) is 12.4. The van der Waals surface area contributed by atoms with Crippen molar-refractivity contribution in [1.82, 2.24) is 24.9 Å². The molecule has 0 saturated heterocycles. The van der Waals surface area contributed by atoms with E-state index in [4.69, 9.17) is 4.99 Å². The van der Waals surface area contributed by atoms with Gasteiger partial charge in [0.2, 0.25) is 0 Å². The third kappa shape index (κ3) is 5.57. The van der Waals surface area contributed by atoms with Gasteiger partial charge in [0.1, 0.15) is 0 Å². The predicted molar refractivity (Wildman–Crippen MR) is 111 cm³/mol. The van der Waals surface area contributed by atoms with Gasteiger partial charge in [0.15, 0.2) is 5.96 Å². The lowest BCUT2D eigenvalue weighted by Crippen LogP contribution is -2.39. The van der Waals surface area contributed by atoms with E-state index in [0.717, 1.165) is 23.5 Å². The Morgan fingerprint density at radius 2 is 2.04 bits per heavy atom. The van der Waals surface area contributed by atoms with Crippen LogP contribution >= 0.6 is 15.9 Å². The lowest BCUT2D eigenvalue weighted by atomic mass is 10.1.